The van der Waals surface area contributed by atoms with E-state index in [0.29, 0.717) is 24.6 Å². The van der Waals surface area contributed by atoms with Crippen molar-refractivity contribution in [3.05, 3.63) is 64.1 Å². The number of aliphatic hydroxyl groups is 1. The standard InChI is InChI=1S/C19H22BrF2N3O2/c1-2-23-19(24-11-13-3-7-15(20)8-4-13)25-12-17(26)14-5-9-16(10-6-14)27-18(21)22/h3-10,17-18,26H,2,11-12H2,1H3,(H2,23,24,25). The summed E-state index contributed by atoms with van der Waals surface area (Å²) in [5, 5.41) is 16.5. The fraction of sp³-hybridized carbons (Fsp3) is 0.316. The average molecular weight is 442 g/mol. The molecule has 27 heavy (non-hydrogen) atoms. The molecule has 0 fully saturated rings. The lowest BCUT2D eigenvalue weighted by atomic mass is 10.1. The summed E-state index contributed by atoms with van der Waals surface area (Å²) in [5.74, 6) is 0.635. The molecule has 8 heteroatoms. The Labute approximate surface area is 165 Å². The highest BCUT2D eigenvalue weighted by Gasteiger charge is 2.10. The summed E-state index contributed by atoms with van der Waals surface area (Å²) in [6, 6.07) is 13.8. The molecular weight excluding hydrogens is 420 g/mol. The number of rotatable bonds is 8. The van der Waals surface area contributed by atoms with Gasteiger partial charge < -0.3 is 20.5 Å². The Morgan fingerprint density at radius 1 is 1.11 bits per heavy atom. The molecule has 1 unspecified atom stereocenters. The Kier molecular flexibility index (Phi) is 8.47. The van der Waals surface area contributed by atoms with Crippen molar-refractivity contribution in [3.8, 4) is 5.75 Å². The number of benzene rings is 2. The van der Waals surface area contributed by atoms with Gasteiger partial charge in [0.15, 0.2) is 5.96 Å². The van der Waals surface area contributed by atoms with Gasteiger partial charge >= 0.3 is 6.61 Å². The van der Waals surface area contributed by atoms with Crippen LogP contribution in [-0.4, -0.2) is 30.8 Å². The first kappa shape index (κ1) is 21.1. The molecule has 0 radical (unpaired) electrons. The van der Waals surface area contributed by atoms with Gasteiger partial charge in [-0.25, -0.2) is 4.99 Å². The van der Waals surface area contributed by atoms with Crippen molar-refractivity contribution < 1.29 is 18.6 Å². The van der Waals surface area contributed by atoms with Crippen LogP contribution in [0.5, 0.6) is 5.75 Å². The van der Waals surface area contributed by atoms with E-state index in [4.69, 9.17) is 0 Å². The first-order chi connectivity index (χ1) is 13.0. The minimum absolute atomic E-state index is 0.0540. The van der Waals surface area contributed by atoms with Crippen LogP contribution in [0, 0.1) is 0 Å². The second kappa shape index (κ2) is 10.8. The van der Waals surface area contributed by atoms with Crippen LogP contribution in [0.3, 0.4) is 0 Å². The van der Waals surface area contributed by atoms with Gasteiger partial charge in [0.2, 0.25) is 0 Å². The smallest absolute Gasteiger partial charge is 0.387 e. The number of nitrogens with one attached hydrogen (secondary N) is 2. The summed E-state index contributed by atoms with van der Waals surface area (Å²) in [6.07, 6.45) is -0.817. The van der Waals surface area contributed by atoms with Crippen LogP contribution in [0.2, 0.25) is 0 Å². The van der Waals surface area contributed by atoms with Crippen LogP contribution in [0.4, 0.5) is 8.78 Å². The molecule has 0 aromatic heterocycles. The second-order valence-electron chi connectivity index (χ2n) is 5.67. The van der Waals surface area contributed by atoms with Crippen LogP contribution in [0.1, 0.15) is 24.2 Å². The molecule has 0 aliphatic rings. The second-order valence-corrected chi connectivity index (χ2v) is 6.58. The van der Waals surface area contributed by atoms with E-state index in [-0.39, 0.29) is 12.3 Å². The first-order valence-corrected chi connectivity index (χ1v) is 9.26. The number of alkyl halides is 2. The van der Waals surface area contributed by atoms with Crippen LogP contribution in [0.15, 0.2) is 58.0 Å². The Hall–Kier alpha value is -2.19. The fourth-order valence-electron chi connectivity index (χ4n) is 2.28. The summed E-state index contributed by atoms with van der Waals surface area (Å²) in [7, 11) is 0. The van der Waals surface area contributed by atoms with Crippen LogP contribution in [0.25, 0.3) is 0 Å². The van der Waals surface area contributed by atoms with Gasteiger partial charge in [-0.15, -0.1) is 0 Å². The molecule has 0 aliphatic heterocycles. The molecule has 0 aliphatic carbocycles. The van der Waals surface area contributed by atoms with Crippen molar-refractivity contribution in [2.24, 2.45) is 4.99 Å². The molecule has 1 atom stereocenters. The lowest BCUT2D eigenvalue weighted by molar-refractivity contribution is -0.0498. The topological polar surface area (TPSA) is 65.9 Å². The molecule has 2 aromatic carbocycles. The van der Waals surface area contributed by atoms with Crippen molar-refractivity contribution in [1.82, 2.24) is 10.6 Å². The Morgan fingerprint density at radius 3 is 2.37 bits per heavy atom. The molecule has 3 N–H and O–H groups in total. The van der Waals surface area contributed by atoms with E-state index in [1.54, 1.807) is 12.1 Å². The van der Waals surface area contributed by atoms with Gasteiger partial charge in [-0.2, -0.15) is 8.78 Å². The maximum Gasteiger partial charge on any atom is 0.387 e. The minimum atomic E-state index is -2.87. The van der Waals surface area contributed by atoms with Gasteiger partial charge in [0, 0.05) is 17.6 Å². The zero-order valence-corrected chi connectivity index (χ0v) is 16.4. The Morgan fingerprint density at radius 2 is 1.78 bits per heavy atom. The predicted molar refractivity (Wildman–Crippen MR) is 105 cm³/mol. The molecule has 0 bridgehead atoms. The maximum absolute atomic E-state index is 12.2. The zero-order valence-electron chi connectivity index (χ0n) is 14.8. The predicted octanol–water partition coefficient (Wildman–Crippen LogP) is 3.84. The van der Waals surface area contributed by atoms with Gasteiger partial charge in [-0.05, 0) is 42.3 Å². The van der Waals surface area contributed by atoms with E-state index in [0.717, 1.165) is 10.0 Å². The summed E-state index contributed by atoms with van der Waals surface area (Å²) in [6.45, 7) is 0.489. The summed E-state index contributed by atoms with van der Waals surface area (Å²) < 4.78 is 29.7. The van der Waals surface area contributed by atoms with Crippen molar-refractivity contribution >= 4 is 21.9 Å². The number of guanidine groups is 1. The number of nitrogens with zero attached hydrogens (tertiary/aromatic N) is 1. The molecule has 0 heterocycles. The number of hydrogen-bond acceptors (Lipinski definition) is 3. The van der Waals surface area contributed by atoms with E-state index in [1.807, 2.05) is 31.2 Å². The molecule has 146 valence electrons. The van der Waals surface area contributed by atoms with Crippen LogP contribution >= 0.6 is 15.9 Å². The van der Waals surface area contributed by atoms with Gasteiger partial charge in [0.1, 0.15) is 5.75 Å². The van der Waals surface area contributed by atoms with E-state index >= 15 is 0 Å². The maximum atomic E-state index is 12.2. The van der Waals surface area contributed by atoms with E-state index < -0.39 is 12.7 Å². The third-order valence-electron chi connectivity index (χ3n) is 3.63. The molecule has 2 rings (SSSR count). The third-order valence-corrected chi connectivity index (χ3v) is 4.16. The van der Waals surface area contributed by atoms with Crippen molar-refractivity contribution in [1.29, 1.82) is 0 Å². The van der Waals surface area contributed by atoms with E-state index in [1.165, 1.54) is 12.1 Å². The highest BCUT2D eigenvalue weighted by molar-refractivity contribution is 9.10. The molecule has 5 nitrogen and oxygen atoms in total. The number of hydrogen-bond donors (Lipinski definition) is 3. The summed E-state index contributed by atoms with van der Waals surface area (Å²) in [5.41, 5.74) is 1.65. The lowest BCUT2D eigenvalue weighted by Crippen LogP contribution is -2.39. The van der Waals surface area contributed by atoms with Crippen molar-refractivity contribution in [3.63, 3.8) is 0 Å². The highest BCUT2D eigenvalue weighted by Crippen LogP contribution is 2.19. The fourth-order valence-corrected chi connectivity index (χ4v) is 2.55. The summed E-state index contributed by atoms with van der Waals surface area (Å²) >= 11 is 3.40. The van der Waals surface area contributed by atoms with E-state index in [2.05, 4.69) is 36.3 Å². The quantitative estimate of drug-likeness (QED) is 0.430. The molecule has 0 saturated carbocycles. The summed E-state index contributed by atoms with van der Waals surface area (Å²) in [4.78, 5) is 4.49. The van der Waals surface area contributed by atoms with Gasteiger partial charge in [-0.3, -0.25) is 0 Å². The highest BCUT2D eigenvalue weighted by atomic mass is 79.9. The zero-order chi connectivity index (χ0) is 19.6. The van der Waals surface area contributed by atoms with Gasteiger partial charge in [-0.1, -0.05) is 40.2 Å². The monoisotopic (exact) mass is 441 g/mol. The first-order valence-electron chi connectivity index (χ1n) is 8.47. The van der Waals surface area contributed by atoms with Gasteiger partial charge in [0.05, 0.1) is 12.6 Å². The lowest BCUT2D eigenvalue weighted by Gasteiger charge is -2.16. The Balaban J connectivity index is 1.91. The normalized spacial score (nSPS) is 12.7. The number of ether oxygens (including phenoxy) is 1. The van der Waals surface area contributed by atoms with Gasteiger partial charge in [0.25, 0.3) is 0 Å². The number of aliphatic imine (C=N–C) groups is 1. The average Bonchev–Trinajstić information content (AvgIpc) is 2.65. The molecule has 2 aromatic rings. The molecule has 0 spiro atoms. The molecular formula is C19H22BrF2N3O2. The minimum Gasteiger partial charge on any atom is -0.435 e. The van der Waals surface area contributed by atoms with Crippen molar-refractivity contribution in [2.75, 3.05) is 13.1 Å². The van der Waals surface area contributed by atoms with Crippen molar-refractivity contribution in [2.45, 2.75) is 26.2 Å². The van der Waals surface area contributed by atoms with Crippen LogP contribution in [-0.2, 0) is 6.54 Å². The molecule has 0 amide bonds. The largest absolute Gasteiger partial charge is 0.435 e. The Bertz CT molecular complexity index is 725. The SMILES string of the molecule is CCNC(=NCc1ccc(Br)cc1)NCC(O)c1ccc(OC(F)F)cc1. The molecule has 0 saturated heterocycles. The van der Waals surface area contributed by atoms with Crippen LogP contribution < -0.4 is 15.4 Å². The third kappa shape index (κ3) is 7.52. The number of aliphatic hydroxyl groups excluding tert-OH is 1. The number of halogens is 3. The van der Waals surface area contributed by atoms with E-state index in [9.17, 15) is 13.9 Å².